The molecule has 0 radical (unpaired) electrons. The van der Waals surface area contributed by atoms with E-state index in [1.165, 1.54) is 43.9 Å². The van der Waals surface area contributed by atoms with Crippen LogP contribution in [0.1, 0.15) is 31.9 Å². The Balaban J connectivity index is 1.88. The molecule has 0 bridgehead atoms. The molecule has 2 heterocycles. The van der Waals surface area contributed by atoms with Gasteiger partial charge in [0.25, 0.3) is 0 Å². The first-order valence-corrected chi connectivity index (χ1v) is 9.00. The Morgan fingerprint density at radius 3 is 2.44 bits per heavy atom. The van der Waals surface area contributed by atoms with Crippen molar-refractivity contribution < 1.29 is 4.57 Å². The monoisotopic (exact) mass is 324 g/mol. The molecule has 1 heteroatoms. The van der Waals surface area contributed by atoms with Crippen LogP contribution in [0.15, 0.2) is 66.9 Å². The third-order valence-electron chi connectivity index (χ3n) is 5.51. The highest BCUT2D eigenvalue weighted by molar-refractivity contribution is 6.11. The summed E-state index contributed by atoms with van der Waals surface area (Å²) in [5, 5.41) is 5.38. The fraction of sp³-hybridized carbons (Fsp3) is 0.208. The van der Waals surface area contributed by atoms with Crippen molar-refractivity contribution in [2.45, 2.75) is 32.7 Å². The Morgan fingerprint density at radius 2 is 1.60 bits per heavy atom. The Kier molecular flexibility index (Phi) is 2.88. The fourth-order valence-corrected chi connectivity index (χ4v) is 4.09. The van der Waals surface area contributed by atoms with E-state index in [9.17, 15) is 0 Å². The van der Waals surface area contributed by atoms with Crippen LogP contribution in [0, 0.1) is 0 Å². The van der Waals surface area contributed by atoms with Crippen molar-refractivity contribution in [3.63, 3.8) is 0 Å². The summed E-state index contributed by atoms with van der Waals surface area (Å²) in [7, 11) is 0. The van der Waals surface area contributed by atoms with E-state index in [-0.39, 0.29) is 5.41 Å². The summed E-state index contributed by atoms with van der Waals surface area (Å²) in [5.74, 6) is 0. The van der Waals surface area contributed by atoms with E-state index in [1.807, 2.05) is 0 Å². The average molecular weight is 324 g/mol. The first-order chi connectivity index (χ1) is 12.0. The zero-order valence-electron chi connectivity index (χ0n) is 15.0. The summed E-state index contributed by atoms with van der Waals surface area (Å²) >= 11 is 0. The van der Waals surface area contributed by atoms with E-state index in [0.29, 0.717) is 0 Å². The SMILES string of the molecule is CC(C)(C)c1ccc2ccc3c4[n+](ccc3c2c1)Cc1ccccc1-4. The van der Waals surface area contributed by atoms with Crippen molar-refractivity contribution in [2.24, 2.45) is 0 Å². The lowest BCUT2D eigenvalue weighted by Gasteiger charge is -2.20. The Bertz CT molecular complexity index is 1150. The second-order valence-corrected chi connectivity index (χ2v) is 8.16. The molecule has 0 N–H and O–H groups in total. The van der Waals surface area contributed by atoms with Gasteiger partial charge >= 0.3 is 0 Å². The highest BCUT2D eigenvalue weighted by Gasteiger charge is 2.28. The van der Waals surface area contributed by atoms with Crippen LogP contribution in [-0.2, 0) is 12.0 Å². The lowest BCUT2D eigenvalue weighted by molar-refractivity contribution is -0.671. The normalized spacial score (nSPS) is 13.2. The van der Waals surface area contributed by atoms with Gasteiger partial charge < -0.3 is 0 Å². The van der Waals surface area contributed by atoms with Crippen LogP contribution in [0.25, 0.3) is 32.8 Å². The minimum absolute atomic E-state index is 0.161. The third kappa shape index (κ3) is 2.12. The van der Waals surface area contributed by atoms with E-state index < -0.39 is 0 Å². The molecule has 122 valence electrons. The van der Waals surface area contributed by atoms with Gasteiger partial charge in [-0.3, -0.25) is 0 Å². The molecule has 1 aliphatic rings. The summed E-state index contributed by atoms with van der Waals surface area (Å²) in [4.78, 5) is 0. The first kappa shape index (κ1) is 14.7. The molecule has 0 spiro atoms. The van der Waals surface area contributed by atoms with Crippen LogP contribution in [0.5, 0.6) is 0 Å². The molecule has 25 heavy (non-hydrogen) atoms. The lowest BCUT2D eigenvalue weighted by atomic mass is 9.85. The number of fused-ring (bicyclic) bond motifs is 7. The van der Waals surface area contributed by atoms with Crippen LogP contribution in [0.3, 0.4) is 0 Å². The number of hydrogen-bond donors (Lipinski definition) is 0. The maximum Gasteiger partial charge on any atom is 0.221 e. The maximum absolute atomic E-state index is 2.38. The Hall–Kier alpha value is -2.67. The van der Waals surface area contributed by atoms with Crippen LogP contribution in [0.4, 0.5) is 0 Å². The van der Waals surface area contributed by atoms with E-state index in [2.05, 4.69) is 92.2 Å². The molecule has 0 amide bonds. The zero-order chi connectivity index (χ0) is 17.2. The second kappa shape index (κ2) is 4.92. The molecule has 1 aliphatic heterocycles. The van der Waals surface area contributed by atoms with E-state index in [0.717, 1.165) is 6.54 Å². The first-order valence-electron chi connectivity index (χ1n) is 9.00. The van der Waals surface area contributed by atoms with Crippen molar-refractivity contribution in [2.75, 3.05) is 0 Å². The number of pyridine rings is 1. The summed E-state index contributed by atoms with van der Waals surface area (Å²) in [5.41, 5.74) is 5.70. The molecular formula is C24H22N+. The topological polar surface area (TPSA) is 3.88 Å². The minimum atomic E-state index is 0.161. The summed E-state index contributed by atoms with van der Waals surface area (Å²) in [6.07, 6.45) is 2.25. The van der Waals surface area contributed by atoms with Gasteiger partial charge in [-0.2, -0.15) is 4.57 Å². The number of aromatic nitrogens is 1. The number of rotatable bonds is 0. The van der Waals surface area contributed by atoms with Crippen LogP contribution in [-0.4, -0.2) is 0 Å². The van der Waals surface area contributed by atoms with Crippen molar-refractivity contribution in [1.82, 2.24) is 0 Å². The van der Waals surface area contributed by atoms with Gasteiger partial charge in [-0.15, -0.1) is 0 Å². The summed E-state index contributed by atoms with van der Waals surface area (Å²) in [6.45, 7) is 7.82. The lowest BCUT2D eigenvalue weighted by Crippen LogP contribution is -2.31. The van der Waals surface area contributed by atoms with Crippen molar-refractivity contribution in [3.8, 4) is 11.3 Å². The molecule has 1 nitrogen and oxygen atoms in total. The molecule has 5 rings (SSSR count). The molecule has 1 aromatic heterocycles. The predicted molar refractivity (Wildman–Crippen MR) is 105 cm³/mol. The van der Waals surface area contributed by atoms with Crippen molar-refractivity contribution in [3.05, 3.63) is 78.0 Å². The van der Waals surface area contributed by atoms with Crippen LogP contribution in [0.2, 0.25) is 0 Å². The molecular weight excluding hydrogens is 302 g/mol. The highest BCUT2D eigenvalue weighted by Crippen LogP contribution is 2.36. The average Bonchev–Trinajstić information content (AvgIpc) is 2.99. The zero-order valence-corrected chi connectivity index (χ0v) is 15.0. The van der Waals surface area contributed by atoms with Crippen LogP contribution < -0.4 is 4.57 Å². The quantitative estimate of drug-likeness (QED) is 0.258. The maximum atomic E-state index is 2.38. The van der Waals surface area contributed by atoms with Gasteiger partial charge in [0, 0.05) is 17.0 Å². The van der Waals surface area contributed by atoms with Gasteiger partial charge in [-0.25, -0.2) is 0 Å². The van der Waals surface area contributed by atoms with E-state index >= 15 is 0 Å². The molecule has 0 unspecified atom stereocenters. The number of nitrogens with zero attached hydrogens (tertiary/aromatic N) is 1. The predicted octanol–water partition coefficient (Wildman–Crippen LogP) is 5.61. The molecule has 3 aromatic carbocycles. The van der Waals surface area contributed by atoms with Gasteiger partial charge in [0.2, 0.25) is 5.69 Å². The molecule has 0 saturated carbocycles. The number of hydrogen-bond acceptors (Lipinski definition) is 0. The minimum Gasteiger partial charge on any atom is -0.193 e. The van der Waals surface area contributed by atoms with Crippen LogP contribution >= 0.6 is 0 Å². The fourth-order valence-electron chi connectivity index (χ4n) is 4.09. The second-order valence-electron chi connectivity index (χ2n) is 8.16. The molecule has 0 fully saturated rings. The van der Waals surface area contributed by atoms with E-state index in [1.54, 1.807) is 0 Å². The summed E-state index contributed by atoms with van der Waals surface area (Å²) in [6, 6.07) is 22.6. The molecule has 0 atom stereocenters. The van der Waals surface area contributed by atoms with Gasteiger partial charge in [-0.1, -0.05) is 57.2 Å². The molecule has 4 aromatic rings. The van der Waals surface area contributed by atoms with Gasteiger partial charge in [0.05, 0.1) is 10.9 Å². The standard InChI is InChI=1S/C24H22N/c1-24(2,3)18-10-8-16-9-11-21-20(22(16)14-18)12-13-25-15-17-6-4-5-7-19(17)23(21)25/h4-14H,15H2,1-3H3/q+1. The van der Waals surface area contributed by atoms with E-state index in [4.69, 9.17) is 0 Å². The Labute approximate surface area is 148 Å². The largest absolute Gasteiger partial charge is 0.221 e. The summed E-state index contributed by atoms with van der Waals surface area (Å²) < 4.78 is 2.38. The number of benzene rings is 3. The highest BCUT2D eigenvalue weighted by atomic mass is 15.0. The van der Waals surface area contributed by atoms with Crippen molar-refractivity contribution in [1.29, 1.82) is 0 Å². The van der Waals surface area contributed by atoms with Gasteiger partial charge in [-0.05, 0) is 39.9 Å². The molecule has 0 aliphatic carbocycles. The third-order valence-corrected chi connectivity index (χ3v) is 5.51. The van der Waals surface area contributed by atoms with Gasteiger partial charge in [0.15, 0.2) is 12.7 Å². The Morgan fingerprint density at radius 1 is 0.800 bits per heavy atom. The smallest absolute Gasteiger partial charge is 0.193 e. The molecule has 0 saturated heterocycles. The van der Waals surface area contributed by atoms with Crippen molar-refractivity contribution >= 4 is 21.5 Å². The van der Waals surface area contributed by atoms with Gasteiger partial charge in [0.1, 0.15) is 0 Å².